The highest BCUT2D eigenvalue weighted by Crippen LogP contribution is 2.13. The molecule has 0 fully saturated rings. The second-order valence-electron chi connectivity index (χ2n) is 16.4. The van der Waals surface area contributed by atoms with Gasteiger partial charge < -0.3 is 46.1 Å². The molecule has 348 valence electrons. The van der Waals surface area contributed by atoms with E-state index in [-0.39, 0.29) is 31.3 Å². The van der Waals surface area contributed by atoms with Crippen LogP contribution in [-0.2, 0) is 43.0 Å². The van der Waals surface area contributed by atoms with E-state index in [2.05, 4.69) is 33.5 Å². The molecule has 0 aromatic rings. The van der Waals surface area contributed by atoms with Gasteiger partial charge in [0.2, 0.25) is 35.4 Å². The van der Waals surface area contributed by atoms with E-state index < -0.39 is 78.4 Å². The van der Waals surface area contributed by atoms with Gasteiger partial charge in [0.25, 0.3) is 0 Å². The van der Waals surface area contributed by atoms with Crippen molar-refractivity contribution in [2.45, 2.75) is 201 Å². The molecule has 0 radical (unpaired) electrons. The number of ether oxygens (including phenoxy) is 2. The first kappa shape index (κ1) is 56.2. The van der Waals surface area contributed by atoms with Crippen molar-refractivity contribution >= 4 is 41.4 Å². The smallest absolute Gasteiger partial charge is 0.326 e. The molecule has 16 nitrogen and oxygen atoms in total. The van der Waals surface area contributed by atoms with Crippen LogP contribution in [0.15, 0.2) is 0 Å². The maximum absolute atomic E-state index is 13.6. The third-order valence-electron chi connectivity index (χ3n) is 10.2. The Kier molecular flexibility index (Phi) is 31.7. The average molecular weight is 855 g/mol. The summed E-state index contributed by atoms with van der Waals surface area (Å²) in [4.78, 5) is 92.0. The molecule has 16 heteroatoms. The number of amides is 6. The Balaban J connectivity index is 5.38. The van der Waals surface area contributed by atoms with E-state index in [0.717, 1.165) is 43.4 Å². The summed E-state index contributed by atoms with van der Waals surface area (Å²) in [6.07, 6.45) is 15.6. The second kappa shape index (κ2) is 33.9. The van der Waals surface area contributed by atoms with E-state index >= 15 is 0 Å². The molecule has 60 heavy (non-hydrogen) atoms. The number of hydrogen-bond donors (Lipinski definition) is 6. The number of nitrogens with one attached hydrogen (secondary N) is 5. The van der Waals surface area contributed by atoms with E-state index in [0.29, 0.717) is 26.1 Å². The molecular formula is C44H82N6O10. The molecule has 0 saturated heterocycles. The van der Waals surface area contributed by atoms with Gasteiger partial charge in [0, 0.05) is 26.7 Å². The van der Waals surface area contributed by atoms with Crippen molar-refractivity contribution in [1.82, 2.24) is 31.5 Å². The van der Waals surface area contributed by atoms with Crippen molar-refractivity contribution < 1.29 is 48.1 Å². The molecule has 0 saturated carbocycles. The molecule has 6 N–H and O–H groups in total. The van der Waals surface area contributed by atoms with Gasteiger partial charge in [0.1, 0.15) is 30.2 Å². The number of unbranched alkanes of at least 4 members (excludes halogenated alkanes) is 12. The van der Waals surface area contributed by atoms with Crippen LogP contribution in [0.5, 0.6) is 0 Å². The Bertz CT molecular complexity index is 1270. The molecule has 0 aromatic heterocycles. The molecule has 0 rings (SSSR count). The van der Waals surface area contributed by atoms with Crippen LogP contribution in [0.3, 0.4) is 0 Å². The van der Waals surface area contributed by atoms with Crippen molar-refractivity contribution in [2.75, 3.05) is 33.4 Å². The van der Waals surface area contributed by atoms with Crippen LogP contribution in [0.25, 0.3) is 0 Å². The first-order chi connectivity index (χ1) is 28.5. The molecular weight excluding hydrogens is 773 g/mol. The fraction of sp³-hybridized carbons (Fsp3) is 0.841. The number of aliphatic carboxylic acids is 1. The molecule has 6 atom stereocenters. The van der Waals surface area contributed by atoms with Crippen LogP contribution in [0, 0.1) is 5.92 Å². The minimum atomic E-state index is -1.22. The van der Waals surface area contributed by atoms with Gasteiger partial charge in [-0.05, 0) is 52.4 Å². The number of rotatable bonds is 36. The standard InChI is InChI=1S/C44H82N6O10/c1-10-13-16-17-18-19-20-21-22-23-24-25-37(51)48-36(30-59-26-14-11-2)42(55)46-32(6)40(53)45-29-38(52)50(9)39(34(8)60-27-15-12-3)43(56)47-33(7)41(54)49-35(44(57)58)28-31(4)5/h31-36,39H,10-30H2,1-9H3,(H,45,53)(H,46,55)(H,47,56)(H,48,51)(H,49,54)(H,57,58)/t32-,33+,34?,35+,36-,39+/m1/s1. The SMILES string of the molecule is CCCCCCCCCCCCCC(=O)N[C@H](COCCCC)C(=O)N[C@H](C)C(=O)NCC(=O)N(C)[C@H](C(=O)N[C@@H](C)C(=O)N[C@@H](CC(C)C)C(=O)O)C(C)OCCCC. The summed E-state index contributed by atoms with van der Waals surface area (Å²) in [7, 11) is 1.37. The molecule has 0 bridgehead atoms. The van der Waals surface area contributed by atoms with Gasteiger partial charge in [0.15, 0.2) is 0 Å². The first-order valence-electron chi connectivity index (χ1n) is 22.7. The maximum Gasteiger partial charge on any atom is 0.326 e. The van der Waals surface area contributed by atoms with Crippen molar-refractivity contribution in [3.05, 3.63) is 0 Å². The number of hydrogen-bond acceptors (Lipinski definition) is 9. The molecule has 0 aromatic carbocycles. The van der Waals surface area contributed by atoms with Crippen LogP contribution in [0.2, 0.25) is 0 Å². The normalized spacial score (nSPS) is 14.2. The summed E-state index contributed by atoms with van der Waals surface area (Å²) < 4.78 is 11.5. The summed E-state index contributed by atoms with van der Waals surface area (Å²) in [5.74, 6) is -4.80. The van der Waals surface area contributed by atoms with Gasteiger partial charge in [-0.3, -0.25) is 28.8 Å². The highest BCUT2D eigenvalue weighted by molar-refractivity contribution is 5.95. The summed E-state index contributed by atoms with van der Waals surface area (Å²) in [6.45, 7) is 14.5. The highest BCUT2D eigenvalue weighted by Gasteiger charge is 2.35. The van der Waals surface area contributed by atoms with Crippen molar-refractivity contribution in [3.8, 4) is 0 Å². The molecule has 0 spiro atoms. The Hall–Kier alpha value is -3.79. The van der Waals surface area contributed by atoms with Gasteiger partial charge in [-0.2, -0.15) is 0 Å². The molecule has 0 aliphatic rings. The van der Waals surface area contributed by atoms with E-state index in [9.17, 15) is 38.7 Å². The van der Waals surface area contributed by atoms with Crippen molar-refractivity contribution in [1.29, 1.82) is 0 Å². The molecule has 0 heterocycles. The number of carbonyl (C=O) groups is 7. The first-order valence-corrected chi connectivity index (χ1v) is 22.7. The summed E-state index contributed by atoms with van der Waals surface area (Å²) in [6, 6.07) is -5.60. The largest absolute Gasteiger partial charge is 0.480 e. The Morgan fingerprint density at radius 1 is 0.583 bits per heavy atom. The number of carboxylic acid groups (broad SMARTS) is 1. The number of nitrogens with zero attached hydrogens (tertiary/aromatic N) is 1. The van der Waals surface area contributed by atoms with Crippen LogP contribution >= 0.6 is 0 Å². The van der Waals surface area contributed by atoms with Gasteiger partial charge in [0.05, 0.1) is 19.3 Å². The van der Waals surface area contributed by atoms with Crippen LogP contribution in [-0.4, -0.2) is 121 Å². The average Bonchev–Trinajstić information content (AvgIpc) is 3.19. The Morgan fingerprint density at radius 3 is 1.65 bits per heavy atom. The van der Waals surface area contributed by atoms with Gasteiger partial charge >= 0.3 is 5.97 Å². The fourth-order valence-corrected chi connectivity index (χ4v) is 6.38. The lowest BCUT2D eigenvalue weighted by molar-refractivity contribution is -0.146. The molecule has 1 unspecified atom stereocenters. The van der Waals surface area contributed by atoms with Gasteiger partial charge in [-0.25, -0.2) is 4.79 Å². The summed E-state index contributed by atoms with van der Waals surface area (Å²) >= 11 is 0. The lowest BCUT2D eigenvalue weighted by Crippen LogP contribution is -2.59. The van der Waals surface area contributed by atoms with E-state index in [4.69, 9.17) is 9.47 Å². The van der Waals surface area contributed by atoms with E-state index in [1.807, 2.05) is 27.7 Å². The second-order valence-corrected chi connectivity index (χ2v) is 16.4. The lowest BCUT2D eigenvalue weighted by atomic mass is 10.0. The minimum absolute atomic E-state index is 0.00508. The van der Waals surface area contributed by atoms with Crippen molar-refractivity contribution in [2.24, 2.45) is 5.92 Å². The summed E-state index contributed by atoms with van der Waals surface area (Å²) in [5.41, 5.74) is 0. The zero-order chi connectivity index (χ0) is 45.5. The molecule has 0 aliphatic carbocycles. The Labute approximate surface area is 360 Å². The van der Waals surface area contributed by atoms with Crippen molar-refractivity contribution in [3.63, 3.8) is 0 Å². The fourth-order valence-electron chi connectivity index (χ4n) is 6.38. The highest BCUT2D eigenvalue weighted by atomic mass is 16.5. The summed E-state index contributed by atoms with van der Waals surface area (Å²) in [5, 5.41) is 22.5. The quantitative estimate of drug-likeness (QED) is 0.0475. The molecule has 0 aliphatic heterocycles. The predicted octanol–water partition coefficient (Wildman–Crippen LogP) is 4.76. The zero-order valence-corrected chi connectivity index (χ0v) is 38.5. The predicted molar refractivity (Wildman–Crippen MR) is 233 cm³/mol. The van der Waals surface area contributed by atoms with Crippen LogP contribution < -0.4 is 26.6 Å². The van der Waals surface area contributed by atoms with Gasteiger partial charge in [-0.15, -0.1) is 0 Å². The lowest BCUT2D eigenvalue weighted by Gasteiger charge is -2.33. The number of likely N-dealkylation sites (N-methyl/N-ethyl adjacent to an activating group) is 1. The number of carboxylic acids is 1. The van der Waals surface area contributed by atoms with E-state index in [1.165, 1.54) is 65.8 Å². The Morgan fingerprint density at radius 2 is 1.10 bits per heavy atom. The minimum Gasteiger partial charge on any atom is -0.480 e. The maximum atomic E-state index is 13.6. The monoisotopic (exact) mass is 855 g/mol. The van der Waals surface area contributed by atoms with Crippen LogP contribution in [0.4, 0.5) is 0 Å². The third-order valence-corrected chi connectivity index (χ3v) is 10.2. The zero-order valence-electron chi connectivity index (χ0n) is 38.5. The van der Waals surface area contributed by atoms with Crippen LogP contribution in [0.1, 0.15) is 165 Å². The van der Waals surface area contributed by atoms with Gasteiger partial charge in [-0.1, -0.05) is 112 Å². The topological polar surface area (TPSA) is 222 Å². The number of carbonyl (C=O) groups excluding carboxylic acids is 6. The molecule has 6 amide bonds. The van der Waals surface area contributed by atoms with E-state index in [1.54, 1.807) is 6.92 Å². The third kappa shape index (κ3) is 25.7.